The van der Waals surface area contributed by atoms with Gasteiger partial charge in [0, 0.05) is 51.4 Å². The molecule has 6 nitrogen and oxygen atoms in total. The Morgan fingerprint density at radius 3 is 2.19 bits per heavy atom. The van der Waals surface area contributed by atoms with Crippen molar-refractivity contribution >= 4 is 0 Å². The average Bonchev–Trinajstić information content (AvgIpc) is 3.13. The van der Waals surface area contributed by atoms with Crippen LogP contribution in [0.1, 0.15) is 12.6 Å². The van der Waals surface area contributed by atoms with Crippen molar-refractivity contribution in [2.45, 2.75) is 13.5 Å². The van der Waals surface area contributed by atoms with E-state index in [0.717, 1.165) is 62.8 Å². The predicted octanol–water partition coefficient (Wildman–Crippen LogP) is 2.42. The van der Waals surface area contributed by atoms with E-state index in [2.05, 4.69) is 33.8 Å². The number of hydrogen-bond donors (Lipinski definition) is 0. The largest absolute Gasteiger partial charge is 0.494 e. The maximum atomic E-state index is 5.72. The minimum Gasteiger partial charge on any atom is -0.494 e. The lowest BCUT2D eigenvalue weighted by atomic mass is 10.2. The van der Waals surface area contributed by atoms with Gasteiger partial charge in [-0.3, -0.25) is 4.90 Å². The van der Waals surface area contributed by atoms with Crippen LogP contribution in [-0.4, -0.2) is 79.7 Å². The molecular formula is C20H30N4O2. The van der Waals surface area contributed by atoms with Crippen molar-refractivity contribution in [3.8, 4) is 17.2 Å². The highest BCUT2D eigenvalue weighted by atomic mass is 16.5. The molecule has 2 aromatic rings. The second kappa shape index (κ2) is 9.16. The molecule has 0 amide bonds. The Morgan fingerprint density at radius 1 is 0.962 bits per heavy atom. The van der Waals surface area contributed by atoms with E-state index in [1.165, 1.54) is 0 Å². The molecule has 0 unspecified atom stereocenters. The van der Waals surface area contributed by atoms with Gasteiger partial charge in [0.15, 0.2) is 0 Å². The van der Waals surface area contributed by atoms with Crippen molar-refractivity contribution in [3.63, 3.8) is 0 Å². The molecule has 0 spiro atoms. The highest BCUT2D eigenvalue weighted by molar-refractivity contribution is 5.54. The zero-order valence-electron chi connectivity index (χ0n) is 16.1. The molecule has 0 atom stereocenters. The fraction of sp³-hybridized carbons (Fsp3) is 0.550. The highest BCUT2D eigenvalue weighted by Crippen LogP contribution is 2.22. The summed E-state index contributed by atoms with van der Waals surface area (Å²) in [6, 6.07) is 7.89. The second-order valence-corrected chi connectivity index (χ2v) is 6.98. The molecule has 1 aliphatic heterocycles. The molecule has 1 aliphatic rings. The van der Waals surface area contributed by atoms with E-state index in [1.807, 2.05) is 31.2 Å². The average molecular weight is 358 g/mol. The van der Waals surface area contributed by atoms with Crippen molar-refractivity contribution in [3.05, 3.63) is 36.2 Å². The lowest BCUT2D eigenvalue weighted by molar-refractivity contribution is 0.225. The van der Waals surface area contributed by atoms with Crippen molar-refractivity contribution < 1.29 is 9.15 Å². The standard InChI is InChI=1S/C20H30N4O2/c1-4-25-19-7-5-17(6-8-19)20-21-18(16-26-20)15-24-13-11-22(2)9-10-23(3)12-14-24/h5-8,16H,4,9-15H2,1-3H3. The SMILES string of the molecule is CCOc1ccc(-c2nc(CN3CCN(C)CCN(C)CC3)co2)cc1. The third kappa shape index (κ3) is 5.30. The molecule has 0 radical (unpaired) electrons. The Kier molecular flexibility index (Phi) is 6.66. The maximum Gasteiger partial charge on any atom is 0.226 e. The molecule has 1 fully saturated rings. The molecular weight excluding hydrogens is 328 g/mol. The van der Waals surface area contributed by atoms with Crippen LogP contribution in [0.3, 0.4) is 0 Å². The first-order valence-corrected chi connectivity index (χ1v) is 9.41. The molecule has 142 valence electrons. The second-order valence-electron chi connectivity index (χ2n) is 6.98. The summed E-state index contributed by atoms with van der Waals surface area (Å²) in [4.78, 5) is 11.9. The van der Waals surface area contributed by atoms with Gasteiger partial charge in [0.1, 0.15) is 12.0 Å². The molecule has 6 heteroatoms. The highest BCUT2D eigenvalue weighted by Gasteiger charge is 2.15. The predicted molar refractivity (Wildman–Crippen MR) is 103 cm³/mol. The van der Waals surface area contributed by atoms with Gasteiger partial charge in [0.2, 0.25) is 5.89 Å². The summed E-state index contributed by atoms with van der Waals surface area (Å²) in [6.07, 6.45) is 1.78. The van der Waals surface area contributed by atoms with Crippen LogP contribution in [0.25, 0.3) is 11.5 Å². The molecule has 0 aliphatic carbocycles. The van der Waals surface area contributed by atoms with Crippen LogP contribution in [0, 0.1) is 0 Å². The maximum absolute atomic E-state index is 5.72. The topological polar surface area (TPSA) is 45.0 Å². The van der Waals surface area contributed by atoms with Gasteiger partial charge in [0.25, 0.3) is 0 Å². The summed E-state index contributed by atoms with van der Waals surface area (Å²) < 4.78 is 11.2. The summed E-state index contributed by atoms with van der Waals surface area (Å²) in [7, 11) is 4.38. The first-order valence-electron chi connectivity index (χ1n) is 9.41. The number of nitrogens with zero attached hydrogens (tertiary/aromatic N) is 4. The van der Waals surface area contributed by atoms with Gasteiger partial charge >= 0.3 is 0 Å². The Morgan fingerprint density at radius 2 is 1.58 bits per heavy atom. The van der Waals surface area contributed by atoms with Crippen LogP contribution in [0.15, 0.2) is 34.9 Å². The van der Waals surface area contributed by atoms with Gasteiger partial charge in [0.05, 0.1) is 12.3 Å². The van der Waals surface area contributed by atoms with Crippen molar-refractivity contribution in [2.24, 2.45) is 0 Å². The van der Waals surface area contributed by atoms with Crippen LogP contribution in [0.2, 0.25) is 0 Å². The number of ether oxygens (including phenoxy) is 1. The molecule has 0 bridgehead atoms. The molecule has 0 saturated carbocycles. The lowest BCUT2D eigenvalue weighted by Crippen LogP contribution is -2.34. The number of benzene rings is 1. The number of oxazole rings is 1. The Bertz CT molecular complexity index is 657. The summed E-state index contributed by atoms with van der Waals surface area (Å²) >= 11 is 0. The van der Waals surface area contributed by atoms with Gasteiger partial charge in [-0.2, -0.15) is 0 Å². The lowest BCUT2D eigenvalue weighted by Gasteiger charge is -2.22. The van der Waals surface area contributed by atoms with Crippen LogP contribution >= 0.6 is 0 Å². The van der Waals surface area contributed by atoms with Crippen LogP contribution < -0.4 is 4.74 Å². The monoisotopic (exact) mass is 358 g/mol. The van der Waals surface area contributed by atoms with Crippen LogP contribution in [0.4, 0.5) is 0 Å². The minimum atomic E-state index is 0.668. The van der Waals surface area contributed by atoms with E-state index in [0.29, 0.717) is 12.5 Å². The summed E-state index contributed by atoms with van der Waals surface area (Å²) in [5, 5.41) is 0. The van der Waals surface area contributed by atoms with E-state index in [-0.39, 0.29) is 0 Å². The third-order valence-corrected chi connectivity index (χ3v) is 4.81. The fourth-order valence-corrected chi connectivity index (χ4v) is 3.06. The summed E-state index contributed by atoms with van der Waals surface area (Å²) in [5.74, 6) is 1.54. The normalized spacial score (nSPS) is 18.3. The Hall–Kier alpha value is -1.89. The molecule has 2 heterocycles. The zero-order valence-corrected chi connectivity index (χ0v) is 16.1. The quantitative estimate of drug-likeness (QED) is 0.818. The van der Waals surface area contributed by atoms with Crippen molar-refractivity contribution in [1.82, 2.24) is 19.7 Å². The van der Waals surface area contributed by atoms with E-state index < -0.39 is 0 Å². The molecule has 0 N–H and O–H groups in total. The van der Waals surface area contributed by atoms with Crippen molar-refractivity contribution in [1.29, 1.82) is 0 Å². The van der Waals surface area contributed by atoms with Gasteiger partial charge < -0.3 is 19.0 Å². The third-order valence-electron chi connectivity index (χ3n) is 4.81. The first-order chi connectivity index (χ1) is 12.6. The first kappa shape index (κ1) is 18.9. The number of hydrogen-bond acceptors (Lipinski definition) is 6. The van der Waals surface area contributed by atoms with Crippen LogP contribution in [-0.2, 0) is 6.54 Å². The summed E-state index contributed by atoms with van der Waals surface area (Å²) in [5.41, 5.74) is 1.96. The van der Waals surface area contributed by atoms with E-state index >= 15 is 0 Å². The van der Waals surface area contributed by atoms with Crippen LogP contribution in [0.5, 0.6) is 5.75 Å². The van der Waals surface area contributed by atoms with E-state index in [4.69, 9.17) is 9.15 Å². The molecule has 1 aromatic heterocycles. The summed E-state index contributed by atoms with van der Waals surface area (Å²) in [6.45, 7) is 9.98. The zero-order chi connectivity index (χ0) is 18.4. The number of rotatable bonds is 5. The Balaban J connectivity index is 1.63. The molecule has 1 saturated heterocycles. The Labute approximate surface area is 156 Å². The minimum absolute atomic E-state index is 0.668. The van der Waals surface area contributed by atoms with E-state index in [9.17, 15) is 0 Å². The van der Waals surface area contributed by atoms with Gasteiger partial charge in [-0.05, 0) is 45.3 Å². The molecule has 26 heavy (non-hydrogen) atoms. The van der Waals surface area contributed by atoms with Gasteiger partial charge in [-0.1, -0.05) is 0 Å². The molecule has 3 rings (SSSR count). The smallest absolute Gasteiger partial charge is 0.226 e. The fourth-order valence-electron chi connectivity index (χ4n) is 3.06. The number of likely N-dealkylation sites (N-methyl/N-ethyl adjacent to an activating group) is 2. The number of aromatic nitrogens is 1. The van der Waals surface area contributed by atoms with Gasteiger partial charge in [-0.15, -0.1) is 0 Å². The molecule has 1 aromatic carbocycles. The van der Waals surface area contributed by atoms with Crippen molar-refractivity contribution in [2.75, 3.05) is 60.0 Å². The van der Waals surface area contributed by atoms with E-state index in [1.54, 1.807) is 6.26 Å². The van der Waals surface area contributed by atoms with Gasteiger partial charge in [-0.25, -0.2) is 4.98 Å².